The van der Waals surface area contributed by atoms with Crippen molar-refractivity contribution in [1.82, 2.24) is 10.2 Å². The van der Waals surface area contributed by atoms with Gasteiger partial charge in [-0.3, -0.25) is 13.9 Å². The van der Waals surface area contributed by atoms with Crippen LogP contribution < -0.4 is 14.4 Å². The second-order valence-corrected chi connectivity index (χ2v) is 15.2. The van der Waals surface area contributed by atoms with Crippen LogP contribution >= 0.6 is 23.2 Å². The molecule has 0 bridgehead atoms. The van der Waals surface area contributed by atoms with E-state index in [0.29, 0.717) is 28.0 Å². The summed E-state index contributed by atoms with van der Waals surface area (Å²) in [6.45, 7) is 3.46. The van der Waals surface area contributed by atoms with E-state index < -0.39 is 28.5 Å². The predicted molar refractivity (Wildman–Crippen MR) is 199 cm³/mol. The molecule has 1 aliphatic carbocycles. The van der Waals surface area contributed by atoms with Crippen LogP contribution in [0.1, 0.15) is 55.7 Å². The van der Waals surface area contributed by atoms with Gasteiger partial charge in [0.05, 0.1) is 17.2 Å². The SMILES string of the molecule is CCOc1ccc(N(CC(=O)N(Cc2c(Cl)cccc2Cl)[C@@H](Cc2ccccc2)C(=O)NC2CCCCC2)S(=O)(=O)c2ccc(C)cc2)cc1. The highest BCUT2D eigenvalue weighted by Gasteiger charge is 2.36. The summed E-state index contributed by atoms with van der Waals surface area (Å²) in [5, 5.41) is 3.87. The first-order chi connectivity index (χ1) is 24.1. The van der Waals surface area contributed by atoms with Crippen LogP contribution in [-0.4, -0.2) is 50.4 Å². The summed E-state index contributed by atoms with van der Waals surface area (Å²) < 4.78 is 35.4. The molecule has 0 saturated heterocycles. The van der Waals surface area contributed by atoms with Gasteiger partial charge in [0.2, 0.25) is 11.8 Å². The lowest BCUT2D eigenvalue weighted by molar-refractivity contribution is -0.140. The van der Waals surface area contributed by atoms with E-state index in [4.69, 9.17) is 27.9 Å². The minimum absolute atomic E-state index is 0.0161. The van der Waals surface area contributed by atoms with E-state index in [2.05, 4.69) is 5.32 Å². The van der Waals surface area contributed by atoms with E-state index in [-0.39, 0.29) is 35.5 Å². The normalized spacial score (nSPS) is 14.1. The third-order valence-electron chi connectivity index (χ3n) is 8.94. The molecule has 1 saturated carbocycles. The van der Waals surface area contributed by atoms with E-state index in [1.807, 2.05) is 44.2 Å². The molecule has 4 aromatic rings. The lowest BCUT2D eigenvalue weighted by Crippen LogP contribution is -2.55. The molecule has 0 unspecified atom stereocenters. The molecule has 5 rings (SSSR count). The van der Waals surface area contributed by atoms with E-state index in [0.717, 1.165) is 47.5 Å². The van der Waals surface area contributed by atoms with Gasteiger partial charge >= 0.3 is 0 Å². The van der Waals surface area contributed by atoms with Crippen LogP contribution in [0.5, 0.6) is 5.75 Å². The lowest BCUT2D eigenvalue weighted by Gasteiger charge is -2.35. The lowest BCUT2D eigenvalue weighted by atomic mass is 9.94. The fourth-order valence-electron chi connectivity index (χ4n) is 6.19. The molecule has 0 aromatic heterocycles. The summed E-state index contributed by atoms with van der Waals surface area (Å²) in [5.74, 6) is -0.343. The number of sulfonamides is 1. The van der Waals surface area contributed by atoms with E-state index in [9.17, 15) is 18.0 Å². The average molecular weight is 737 g/mol. The van der Waals surface area contributed by atoms with Crippen LogP contribution in [0.2, 0.25) is 10.0 Å². The molecule has 1 N–H and O–H groups in total. The first-order valence-corrected chi connectivity index (χ1v) is 19.2. The molecule has 50 heavy (non-hydrogen) atoms. The van der Waals surface area contributed by atoms with E-state index in [1.54, 1.807) is 54.6 Å². The number of amides is 2. The van der Waals surface area contributed by atoms with Crippen LogP contribution in [0.25, 0.3) is 0 Å². The quantitative estimate of drug-likeness (QED) is 0.142. The topological polar surface area (TPSA) is 96.0 Å². The van der Waals surface area contributed by atoms with Gasteiger partial charge in [-0.25, -0.2) is 8.42 Å². The predicted octanol–water partition coefficient (Wildman–Crippen LogP) is 7.98. The molecule has 11 heteroatoms. The van der Waals surface area contributed by atoms with Crippen molar-refractivity contribution in [2.75, 3.05) is 17.5 Å². The van der Waals surface area contributed by atoms with E-state index >= 15 is 0 Å². The Bertz CT molecular complexity index is 1830. The molecule has 0 aliphatic heterocycles. The molecule has 1 aliphatic rings. The fraction of sp³-hybridized carbons (Fsp3) is 0.333. The number of nitrogens with zero attached hydrogens (tertiary/aromatic N) is 2. The number of aryl methyl sites for hydroxylation is 1. The molecular formula is C39H43Cl2N3O5S. The number of hydrogen-bond donors (Lipinski definition) is 1. The van der Waals surface area contributed by atoms with Crippen LogP contribution in [0.3, 0.4) is 0 Å². The number of ether oxygens (including phenoxy) is 1. The highest BCUT2D eigenvalue weighted by atomic mass is 35.5. The van der Waals surface area contributed by atoms with Crippen LogP contribution in [-0.2, 0) is 32.6 Å². The van der Waals surface area contributed by atoms with Crippen molar-refractivity contribution in [3.8, 4) is 5.75 Å². The minimum atomic E-state index is -4.25. The van der Waals surface area contributed by atoms with Gasteiger partial charge in [0.15, 0.2) is 0 Å². The standard InChI is InChI=1S/C39H43Cl2N3O5S/c1-3-49-32-21-19-31(20-22-32)44(50(47,48)33-23-17-28(2)18-24-33)27-38(45)43(26-34-35(40)15-10-16-36(34)41)37(25-29-11-6-4-7-12-29)39(46)42-30-13-8-5-9-14-30/h4,6-7,10-12,15-24,30,37H,3,5,8-9,13-14,25-27H2,1-2H3,(H,42,46)/t37-/m0/s1. The van der Waals surface area contributed by atoms with Gasteiger partial charge in [0.25, 0.3) is 10.0 Å². The van der Waals surface area contributed by atoms with Crippen molar-refractivity contribution in [2.24, 2.45) is 0 Å². The summed E-state index contributed by atoms with van der Waals surface area (Å²) in [6, 6.07) is 26.5. The first-order valence-electron chi connectivity index (χ1n) is 17.0. The van der Waals surface area contributed by atoms with Crippen molar-refractivity contribution in [2.45, 2.75) is 75.9 Å². The third-order valence-corrected chi connectivity index (χ3v) is 11.4. The number of halogens is 2. The Labute approximate surface area is 305 Å². The first kappa shape index (κ1) is 37.2. The number of nitrogens with one attached hydrogen (secondary N) is 1. The second-order valence-electron chi connectivity index (χ2n) is 12.5. The maximum atomic E-state index is 14.8. The zero-order valence-corrected chi connectivity index (χ0v) is 30.7. The Kier molecular flexibility index (Phi) is 12.8. The Morgan fingerprint density at radius 1 is 0.860 bits per heavy atom. The molecule has 8 nitrogen and oxygen atoms in total. The zero-order chi connectivity index (χ0) is 35.7. The largest absolute Gasteiger partial charge is 0.494 e. The smallest absolute Gasteiger partial charge is 0.264 e. The van der Waals surface area contributed by atoms with Crippen molar-refractivity contribution < 1.29 is 22.7 Å². The van der Waals surface area contributed by atoms with Crippen molar-refractivity contribution in [3.63, 3.8) is 0 Å². The number of rotatable bonds is 14. The van der Waals surface area contributed by atoms with Gasteiger partial charge in [0.1, 0.15) is 18.3 Å². The third kappa shape index (κ3) is 9.38. The van der Waals surface area contributed by atoms with Crippen molar-refractivity contribution in [1.29, 1.82) is 0 Å². The molecule has 1 atom stereocenters. The van der Waals surface area contributed by atoms with Gasteiger partial charge < -0.3 is 15.0 Å². The zero-order valence-electron chi connectivity index (χ0n) is 28.4. The van der Waals surface area contributed by atoms with E-state index in [1.165, 1.54) is 17.0 Å². The second kappa shape index (κ2) is 17.2. The Hall–Kier alpha value is -4.05. The number of benzene rings is 4. The molecule has 264 valence electrons. The van der Waals surface area contributed by atoms with Gasteiger partial charge in [-0.1, -0.05) is 96.6 Å². The monoisotopic (exact) mass is 735 g/mol. The molecular weight excluding hydrogens is 693 g/mol. The molecule has 0 radical (unpaired) electrons. The minimum Gasteiger partial charge on any atom is -0.494 e. The summed E-state index contributed by atoms with van der Waals surface area (Å²) in [6.07, 6.45) is 5.05. The van der Waals surface area contributed by atoms with Crippen LogP contribution in [0.15, 0.2) is 102 Å². The molecule has 2 amide bonds. The number of hydrogen-bond acceptors (Lipinski definition) is 5. The van der Waals surface area contributed by atoms with Crippen molar-refractivity contribution in [3.05, 3.63) is 124 Å². The van der Waals surface area contributed by atoms with Gasteiger partial charge in [-0.2, -0.15) is 0 Å². The highest BCUT2D eigenvalue weighted by molar-refractivity contribution is 7.92. The maximum Gasteiger partial charge on any atom is 0.264 e. The van der Waals surface area contributed by atoms with Crippen LogP contribution in [0, 0.1) is 6.92 Å². The molecule has 4 aromatic carbocycles. The summed E-state index contributed by atoms with van der Waals surface area (Å²) >= 11 is 13.3. The Balaban J connectivity index is 1.59. The molecule has 0 heterocycles. The van der Waals surface area contributed by atoms with Gasteiger partial charge in [-0.05, 0) is 80.8 Å². The van der Waals surface area contributed by atoms with Crippen LogP contribution in [0.4, 0.5) is 5.69 Å². The number of carbonyl (C=O) groups excluding carboxylic acids is 2. The number of carbonyl (C=O) groups is 2. The molecule has 0 spiro atoms. The Morgan fingerprint density at radius 2 is 1.50 bits per heavy atom. The summed E-state index contributed by atoms with van der Waals surface area (Å²) in [5.41, 5.74) is 2.46. The molecule has 1 fully saturated rings. The highest BCUT2D eigenvalue weighted by Crippen LogP contribution is 2.30. The van der Waals surface area contributed by atoms with Gasteiger partial charge in [0, 0.05) is 34.6 Å². The maximum absolute atomic E-state index is 14.8. The average Bonchev–Trinajstić information content (AvgIpc) is 3.11. The fourth-order valence-corrected chi connectivity index (χ4v) is 8.12. The van der Waals surface area contributed by atoms with Crippen molar-refractivity contribution >= 4 is 50.7 Å². The Morgan fingerprint density at radius 3 is 2.12 bits per heavy atom. The summed E-state index contributed by atoms with van der Waals surface area (Å²) in [4.78, 5) is 30.6. The summed E-state index contributed by atoms with van der Waals surface area (Å²) in [7, 11) is -4.25. The van der Waals surface area contributed by atoms with Gasteiger partial charge in [-0.15, -0.1) is 0 Å². The number of anilines is 1.